The van der Waals surface area contributed by atoms with Crippen LogP contribution in [-0.4, -0.2) is 45.0 Å². The van der Waals surface area contributed by atoms with Crippen molar-refractivity contribution in [1.29, 1.82) is 0 Å². The number of carbonyl (C=O) groups excluding carboxylic acids is 1. The fourth-order valence-electron chi connectivity index (χ4n) is 5.16. The van der Waals surface area contributed by atoms with Crippen molar-refractivity contribution in [2.24, 2.45) is 23.2 Å². The summed E-state index contributed by atoms with van der Waals surface area (Å²) >= 11 is 0. The van der Waals surface area contributed by atoms with Gasteiger partial charge < -0.3 is 9.64 Å². The largest absolute Gasteiger partial charge is 0.377 e. The first-order valence-electron chi connectivity index (χ1n) is 9.50. The van der Waals surface area contributed by atoms with Gasteiger partial charge >= 0.3 is 0 Å². The maximum Gasteiger partial charge on any atom is 0.159 e. The highest BCUT2D eigenvalue weighted by Crippen LogP contribution is 2.56. The Labute approximate surface area is 152 Å². The summed E-state index contributed by atoms with van der Waals surface area (Å²) in [6.45, 7) is 5.68. The minimum absolute atomic E-state index is 0.0162. The molecule has 0 bridgehead atoms. The van der Waals surface area contributed by atoms with Gasteiger partial charge in [-0.2, -0.15) is 0 Å². The smallest absolute Gasteiger partial charge is 0.159 e. The number of ketones is 1. The van der Waals surface area contributed by atoms with E-state index in [1.807, 2.05) is 0 Å². The highest BCUT2D eigenvalue weighted by Gasteiger charge is 2.49. The highest BCUT2D eigenvalue weighted by molar-refractivity contribution is 5.80. The second-order valence-corrected chi connectivity index (χ2v) is 8.48. The van der Waals surface area contributed by atoms with Gasteiger partial charge in [-0.05, 0) is 81.6 Å². The first kappa shape index (κ1) is 20.3. The van der Waals surface area contributed by atoms with Crippen LogP contribution in [0.25, 0.3) is 0 Å². The van der Waals surface area contributed by atoms with E-state index in [9.17, 15) is 9.18 Å². The summed E-state index contributed by atoms with van der Waals surface area (Å²) in [5, 5.41) is 0. The van der Waals surface area contributed by atoms with Gasteiger partial charge in [0.15, 0.2) is 5.78 Å². The topological polar surface area (TPSA) is 29.5 Å². The number of halogens is 1. The third-order valence-electron chi connectivity index (χ3n) is 6.05. The molecule has 2 aliphatic carbocycles. The number of fused-ring (bicyclic) bond motifs is 1. The Morgan fingerprint density at radius 1 is 1.44 bits per heavy atom. The number of carbonyl (C=O) groups is 1. The van der Waals surface area contributed by atoms with Crippen molar-refractivity contribution in [2.75, 3.05) is 34.4 Å². The molecule has 1 saturated carbocycles. The van der Waals surface area contributed by atoms with Crippen LogP contribution in [0, 0.1) is 23.2 Å². The highest BCUT2D eigenvalue weighted by atomic mass is 19.1. The normalized spacial score (nSPS) is 29.4. The Bertz CT molecular complexity index is 538. The van der Waals surface area contributed by atoms with Crippen molar-refractivity contribution in [2.45, 2.75) is 46.0 Å². The predicted molar refractivity (Wildman–Crippen MR) is 100 cm³/mol. The molecule has 2 rings (SSSR count). The zero-order chi connectivity index (χ0) is 18.6. The molecule has 0 aromatic heterocycles. The molecular formula is C21H34FNO2. The molecule has 0 N–H and O–H groups in total. The van der Waals surface area contributed by atoms with Crippen molar-refractivity contribution < 1.29 is 13.9 Å². The van der Waals surface area contributed by atoms with Gasteiger partial charge in [-0.25, -0.2) is 4.39 Å². The number of hydrogen-bond acceptors (Lipinski definition) is 3. The van der Waals surface area contributed by atoms with Crippen molar-refractivity contribution in [3.63, 3.8) is 0 Å². The van der Waals surface area contributed by atoms with Gasteiger partial charge in [-0.15, -0.1) is 0 Å². The van der Waals surface area contributed by atoms with Crippen LogP contribution in [-0.2, 0) is 9.53 Å². The summed E-state index contributed by atoms with van der Waals surface area (Å²) in [4.78, 5) is 14.7. The molecule has 4 heteroatoms. The van der Waals surface area contributed by atoms with Crippen LogP contribution in [0.1, 0.15) is 46.0 Å². The Morgan fingerprint density at radius 2 is 2.16 bits per heavy atom. The lowest BCUT2D eigenvalue weighted by atomic mass is 9.52. The van der Waals surface area contributed by atoms with Gasteiger partial charge in [0.25, 0.3) is 0 Å². The predicted octanol–water partition coefficient (Wildman–Crippen LogP) is 4.40. The lowest BCUT2D eigenvalue weighted by Crippen LogP contribution is -2.46. The van der Waals surface area contributed by atoms with Crippen LogP contribution in [0.15, 0.2) is 23.6 Å². The second-order valence-electron chi connectivity index (χ2n) is 8.48. The van der Waals surface area contributed by atoms with E-state index in [1.54, 1.807) is 19.3 Å². The van der Waals surface area contributed by atoms with E-state index >= 15 is 0 Å². The quantitative estimate of drug-likeness (QED) is 0.649. The van der Waals surface area contributed by atoms with Crippen molar-refractivity contribution >= 4 is 5.78 Å². The Hall–Kier alpha value is -1.00. The average molecular weight is 352 g/mol. The minimum atomic E-state index is -0.0926. The molecule has 3 unspecified atom stereocenters. The van der Waals surface area contributed by atoms with E-state index in [2.05, 4.69) is 32.8 Å². The summed E-state index contributed by atoms with van der Waals surface area (Å²) in [5.74, 6) is 1.33. The number of allylic oxidation sites excluding steroid dienone is 4. The number of methoxy groups -OCH3 is 1. The number of hydrogen-bond donors (Lipinski definition) is 0. The van der Waals surface area contributed by atoms with Gasteiger partial charge in [0.1, 0.15) is 12.4 Å². The first-order chi connectivity index (χ1) is 11.8. The zero-order valence-corrected chi connectivity index (χ0v) is 16.5. The monoisotopic (exact) mass is 351 g/mol. The molecule has 0 saturated heterocycles. The molecule has 0 aromatic carbocycles. The second kappa shape index (κ2) is 8.59. The van der Waals surface area contributed by atoms with Gasteiger partial charge in [0.2, 0.25) is 0 Å². The minimum Gasteiger partial charge on any atom is -0.377 e. The molecule has 0 aromatic rings. The van der Waals surface area contributed by atoms with E-state index in [1.165, 1.54) is 5.57 Å². The molecular weight excluding hydrogens is 317 g/mol. The maximum atomic E-state index is 13.7. The summed E-state index contributed by atoms with van der Waals surface area (Å²) in [6.07, 6.45) is 7.70. The number of Topliss-reactive ketones (excluding diaryl/α,β-unsaturated/α-hetero) is 1. The van der Waals surface area contributed by atoms with Crippen LogP contribution in [0.4, 0.5) is 4.39 Å². The third-order valence-corrected chi connectivity index (χ3v) is 6.05. The lowest BCUT2D eigenvalue weighted by Gasteiger charge is -2.52. The first-order valence-corrected chi connectivity index (χ1v) is 9.50. The standard InChI is InChI=1S/C21H34FNO2/c1-15(2)20-19-7-6-17(22)12-16(19)8-9-21(20,10-11-23(3)4)13-18(24)14-25-5/h6,12,15,19-20H,7-11,13-14H2,1-5H3. The van der Waals surface area contributed by atoms with E-state index in [0.717, 1.165) is 32.2 Å². The third kappa shape index (κ3) is 4.79. The molecule has 0 aliphatic heterocycles. The van der Waals surface area contributed by atoms with Crippen LogP contribution in [0.5, 0.6) is 0 Å². The molecule has 0 spiro atoms. The van der Waals surface area contributed by atoms with E-state index < -0.39 is 0 Å². The molecule has 1 fully saturated rings. The molecule has 3 nitrogen and oxygen atoms in total. The van der Waals surface area contributed by atoms with Gasteiger partial charge in [-0.1, -0.05) is 19.4 Å². The van der Waals surface area contributed by atoms with Crippen molar-refractivity contribution in [3.05, 3.63) is 23.6 Å². The number of nitrogens with zero attached hydrogens (tertiary/aromatic N) is 1. The summed E-state index contributed by atoms with van der Waals surface area (Å²) in [7, 11) is 5.75. The molecule has 2 aliphatic rings. The zero-order valence-electron chi connectivity index (χ0n) is 16.5. The average Bonchev–Trinajstić information content (AvgIpc) is 2.53. The van der Waals surface area contributed by atoms with Crippen LogP contribution < -0.4 is 0 Å². The van der Waals surface area contributed by atoms with Gasteiger partial charge in [0.05, 0.1) is 0 Å². The summed E-state index contributed by atoms with van der Waals surface area (Å²) in [6, 6.07) is 0. The van der Waals surface area contributed by atoms with Gasteiger partial charge in [0, 0.05) is 13.5 Å². The Morgan fingerprint density at radius 3 is 2.76 bits per heavy atom. The van der Waals surface area contributed by atoms with Crippen LogP contribution in [0.3, 0.4) is 0 Å². The van der Waals surface area contributed by atoms with Crippen molar-refractivity contribution in [1.82, 2.24) is 4.90 Å². The fourth-order valence-corrected chi connectivity index (χ4v) is 5.16. The molecule has 142 valence electrons. The van der Waals surface area contributed by atoms with Crippen molar-refractivity contribution in [3.8, 4) is 0 Å². The molecule has 3 atom stereocenters. The number of ether oxygens (including phenoxy) is 1. The van der Waals surface area contributed by atoms with E-state index in [-0.39, 0.29) is 23.6 Å². The summed E-state index contributed by atoms with van der Waals surface area (Å²) in [5.41, 5.74) is 1.23. The fraction of sp³-hybridized carbons (Fsp3) is 0.762. The van der Waals surface area contributed by atoms with Gasteiger partial charge in [-0.3, -0.25) is 4.79 Å². The number of rotatable bonds is 8. The maximum absolute atomic E-state index is 13.7. The Kier molecular flexibility index (Phi) is 6.98. The molecule has 0 radical (unpaired) electrons. The molecule has 0 heterocycles. The lowest BCUT2D eigenvalue weighted by molar-refractivity contribution is -0.128. The Balaban J connectivity index is 2.34. The SMILES string of the molecule is COCC(=O)CC1(CCN(C)C)CCC2=CC(F)=CCC2C1C(C)C. The van der Waals surface area contributed by atoms with Crippen LogP contribution in [0.2, 0.25) is 0 Å². The summed E-state index contributed by atoms with van der Waals surface area (Å²) < 4.78 is 18.8. The van der Waals surface area contributed by atoms with E-state index in [4.69, 9.17) is 4.74 Å². The van der Waals surface area contributed by atoms with Crippen LogP contribution >= 0.6 is 0 Å². The van der Waals surface area contributed by atoms with E-state index in [0.29, 0.717) is 24.2 Å². The molecule has 25 heavy (non-hydrogen) atoms. The molecule has 0 amide bonds.